The van der Waals surface area contributed by atoms with Crippen molar-refractivity contribution in [2.75, 3.05) is 13.4 Å². The van der Waals surface area contributed by atoms with Gasteiger partial charge in [0.2, 0.25) is 6.79 Å². The summed E-state index contributed by atoms with van der Waals surface area (Å²) in [7, 11) is -0.945. The van der Waals surface area contributed by atoms with Crippen LogP contribution in [0.3, 0.4) is 0 Å². The molecule has 0 aliphatic rings. The van der Waals surface area contributed by atoms with E-state index in [1.54, 1.807) is 6.07 Å². The molecule has 0 heterocycles. The van der Waals surface area contributed by atoms with Gasteiger partial charge in [-0.05, 0) is 44.8 Å². The predicted molar refractivity (Wildman–Crippen MR) is 140 cm³/mol. The lowest BCUT2D eigenvalue weighted by Crippen LogP contribution is -2.47. The molecule has 1 N–H and O–H groups in total. The Balaban J connectivity index is 1.85. The van der Waals surface area contributed by atoms with Crippen molar-refractivity contribution in [2.45, 2.75) is 32.5 Å². The van der Waals surface area contributed by atoms with Crippen molar-refractivity contribution < 1.29 is 42.4 Å². The van der Waals surface area contributed by atoms with Gasteiger partial charge < -0.3 is 14.8 Å². The van der Waals surface area contributed by atoms with Crippen molar-refractivity contribution in [1.29, 1.82) is 0 Å². The molecular formula is C26H25BrNO9P. The molecule has 3 aromatic rings. The molecule has 3 aromatic carbocycles. The smallest absolute Gasteiger partial charge is 0.438 e. The number of carbonyl (C=O) groups excluding carboxylic acids is 3. The molecule has 1 amide bonds. The van der Waals surface area contributed by atoms with E-state index >= 15 is 0 Å². The highest BCUT2D eigenvalue weighted by molar-refractivity contribution is 9.10. The van der Waals surface area contributed by atoms with Crippen LogP contribution in [0.15, 0.2) is 71.2 Å². The van der Waals surface area contributed by atoms with E-state index < -0.39 is 45.5 Å². The van der Waals surface area contributed by atoms with Gasteiger partial charge in [-0.25, -0.2) is 4.57 Å². The summed E-state index contributed by atoms with van der Waals surface area (Å²) in [5, 5.41) is 4.75. The third-order valence-electron chi connectivity index (χ3n) is 5.15. The average molecular weight is 606 g/mol. The lowest BCUT2D eigenvalue weighted by atomic mass is 10.0. The summed E-state index contributed by atoms with van der Waals surface area (Å²) in [5.74, 6) is -1.97. The van der Waals surface area contributed by atoms with Crippen LogP contribution in [-0.4, -0.2) is 43.4 Å². The largest absolute Gasteiger partial charge is 0.476 e. The van der Waals surface area contributed by atoms with Crippen LogP contribution >= 0.6 is 24.6 Å². The Morgan fingerprint density at radius 2 is 1.66 bits per heavy atom. The summed E-state index contributed by atoms with van der Waals surface area (Å²) in [6, 6.07) is 19.8. The van der Waals surface area contributed by atoms with E-state index in [0.29, 0.717) is 16.5 Å². The van der Waals surface area contributed by atoms with E-state index in [1.807, 2.05) is 60.7 Å². The molecule has 0 aliphatic heterocycles. The van der Waals surface area contributed by atoms with Crippen LogP contribution in [-0.2, 0) is 44.0 Å². The van der Waals surface area contributed by atoms with Gasteiger partial charge in [-0.2, -0.15) is 4.52 Å². The van der Waals surface area contributed by atoms with Crippen molar-refractivity contribution in [2.24, 2.45) is 0 Å². The number of hydrogen-bond acceptors (Lipinski definition) is 9. The zero-order chi connectivity index (χ0) is 27.5. The number of benzene rings is 3. The summed E-state index contributed by atoms with van der Waals surface area (Å²) in [6.07, 6.45) is -2.29. The quantitative estimate of drug-likeness (QED) is 0.164. The fourth-order valence-corrected chi connectivity index (χ4v) is 4.41. The molecule has 0 spiro atoms. The van der Waals surface area contributed by atoms with Crippen LogP contribution in [0.1, 0.15) is 29.8 Å². The van der Waals surface area contributed by atoms with Crippen LogP contribution in [0, 0.1) is 0 Å². The molecule has 0 bridgehead atoms. The van der Waals surface area contributed by atoms with Crippen LogP contribution in [0.5, 0.6) is 0 Å². The number of esters is 2. The maximum absolute atomic E-state index is 13.3. The van der Waals surface area contributed by atoms with Crippen molar-refractivity contribution in [3.05, 3.63) is 82.3 Å². The number of nitrogens with one attached hydrogen (secondary N) is 1. The molecule has 2 atom stereocenters. The van der Waals surface area contributed by atoms with Crippen molar-refractivity contribution in [3.63, 3.8) is 0 Å². The Morgan fingerprint density at radius 3 is 2.34 bits per heavy atom. The zero-order valence-electron chi connectivity index (χ0n) is 20.5. The van der Waals surface area contributed by atoms with Gasteiger partial charge in [0.05, 0.1) is 18.2 Å². The first-order chi connectivity index (χ1) is 18.2. The molecule has 0 saturated carbocycles. The highest BCUT2D eigenvalue weighted by atomic mass is 79.9. The standard InChI is InChI=1S/C26H25BrNO9P/c1-17(29)33-16-35-26(37-38-32,36-18(2)30)34-15-21(14-19-8-4-3-5-9-19)28-25(31)23-13-12-20-10-6-7-11-22(20)24(23)27/h3-13,21H,14-16H2,1-2H3,(H,28,31). The van der Waals surface area contributed by atoms with Crippen LogP contribution in [0.2, 0.25) is 0 Å². The molecule has 10 nitrogen and oxygen atoms in total. The number of rotatable bonds is 13. The van der Waals surface area contributed by atoms with Gasteiger partial charge >= 0.3 is 26.8 Å². The minimum absolute atomic E-state index is 0.311. The van der Waals surface area contributed by atoms with Gasteiger partial charge in [0.25, 0.3) is 5.91 Å². The Hall–Kier alpha value is -3.21. The SMILES string of the molecule is CC(=O)OCOC(OCC(Cc1ccccc1)NC(=O)c1ccc2ccccc2c1Br)(OP=O)OC(C)=O. The van der Waals surface area contributed by atoms with Crippen LogP contribution in [0.4, 0.5) is 0 Å². The number of halogens is 1. The van der Waals surface area contributed by atoms with E-state index in [0.717, 1.165) is 30.2 Å². The van der Waals surface area contributed by atoms with E-state index in [9.17, 15) is 18.9 Å². The normalized spacial score (nSPS) is 13.4. The molecule has 0 radical (unpaired) electrons. The Morgan fingerprint density at radius 1 is 0.947 bits per heavy atom. The van der Waals surface area contributed by atoms with E-state index in [-0.39, 0.29) is 6.61 Å². The fraction of sp³-hybridized carbons (Fsp3) is 0.269. The van der Waals surface area contributed by atoms with E-state index in [4.69, 9.17) is 23.5 Å². The number of fused-ring (bicyclic) bond motifs is 1. The van der Waals surface area contributed by atoms with Gasteiger partial charge in [-0.15, -0.1) is 0 Å². The molecule has 2 unspecified atom stereocenters. The second kappa shape index (κ2) is 14.1. The Bertz CT molecular complexity index is 1290. The van der Waals surface area contributed by atoms with Gasteiger partial charge in [-0.1, -0.05) is 60.7 Å². The number of ether oxygens (including phenoxy) is 4. The summed E-state index contributed by atoms with van der Waals surface area (Å²) < 4.78 is 37.3. The monoisotopic (exact) mass is 605 g/mol. The van der Waals surface area contributed by atoms with Crippen LogP contribution < -0.4 is 5.32 Å². The second-order valence-electron chi connectivity index (χ2n) is 7.98. The fourth-order valence-electron chi connectivity index (χ4n) is 3.50. The van der Waals surface area contributed by atoms with Gasteiger partial charge in [-0.3, -0.25) is 23.9 Å². The molecule has 12 heteroatoms. The maximum Gasteiger partial charge on any atom is 0.476 e. The third-order valence-corrected chi connectivity index (χ3v) is 6.30. The van der Waals surface area contributed by atoms with Crippen LogP contribution in [0.25, 0.3) is 10.8 Å². The molecular weight excluding hydrogens is 581 g/mol. The minimum Gasteiger partial charge on any atom is -0.438 e. The third kappa shape index (κ3) is 8.41. The summed E-state index contributed by atoms with van der Waals surface area (Å²) in [6.45, 7) is 1.16. The number of carbonyl (C=O) groups is 3. The first-order valence-corrected chi connectivity index (χ1v) is 12.9. The Labute approximate surface area is 228 Å². The lowest BCUT2D eigenvalue weighted by molar-refractivity contribution is -0.462. The topological polar surface area (TPSA) is 126 Å². The van der Waals surface area contributed by atoms with Gasteiger partial charge in [0, 0.05) is 18.3 Å². The van der Waals surface area contributed by atoms with Crippen molar-refractivity contribution in [1.82, 2.24) is 5.32 Å². The molecule has 0 saturated heterocycles. The second-order valence-corrected chi connectivity index (χ2v) is 9.10. The first-order valence-electron chi connectivity index (χ1n) is 11.4. The summed E-state index contributed by atoms with van der Waals surface area (Å²) in [4.78, 5) is 36.2. The molecule has 0 aliphatic carbocycles. The molecule has 0 aromatic heterocycles. The van der Waals surface area contributed by atoms with Gasteiger partial charge in [0.15, 0.2) is 0 Å². The number of amides is 1. The highest BCUT2D eigenvalue weighted by Gasteiger charge is 2.41. The molecule has 200 valence electrons. The first kappa shape index (κ1) is 29.3. The van der Waals surface area contributed by atoms with E-state index in [2.05, 4.69) is 21.2 Å². The lowest BCUT2D eigenvalue weighted by Gasteiger charge is -2.30. The predicted octanol–water partition coefficient (Wildman–Crippen LogP) is 4.89. The average Bonchev–Trinajstić information content (AvgIpc) is 2.88. The van der Waals surface area contributed by atoms with Gasteiger partial charge in [0.1, 0.15) is 0 Å². The number of hydrogen-bond donors (Lipinski definition) is 1. The summed E-state index contributed by atoms with van der Waals surface area (Å²) >= 11 is 3.53. The Kier molecular flexibility index (Phi) is 10.9. The molecule has 38 heavy (non-hydrogen) atoms. The van der Waals surface area contributed by atoms with Crippen molar-refractivity contribution >= 4 is 53.2 Å². The summed E-state index contributed by atoms with van der Waals surface area (Å²) in [5.41, 5.74) is 1.27. The minimum atomic E-state index is -2.60. The molecule has 0 fully saturated rings. The van der Waals surface area contributed by atoms with E-state index in [1.165, 1.54) is 0 Å². The molecule has 3 rings (SSSR count). The highest BCUT2D eigenvalue weighted by Crippen LogP contribution is 2.28. The zero-order valence-corrected chi connectivity index (χ0v) is 23.0. The maximum atomic E-state index is 13.3. The van der Waals surface area contributed by atoms with Crippen molar-refractivity contribution in [3.8, 4) is 0 Å².